The quantitative estimate of drug-likeness (QED) is 0.515. The van der Waals surface area contributed by atoms with Crippen molar-refractivity contribution in [1.29, 1.82) is 0 Å². The van der Waals surface area contributed by atoms with Crippen LogP contribution >= 0.6 is 0 Å². The summed E-state index contributed by atoms with van der Waals surface area (Å²) in [5.74, 6) is 2.94. The second kappa shape index (κ2) is 8.74. The van der Waals surface area contributed by atoms with Crippen LogP contribution in [0.5, 0.6) is 0 Å². The van der Waals surface area contributed by atoms with Crippen molar-refractivity contribution in [1.82, 2.24) is 0 Å². The van der Waals surface area contributed by atoms with Crippen LogP contribution in [-0.4, -0.2) is 21.9 Å². The predicted octanol–water partition coefficient (Wildman–Crippen LogP) is 7.06. The van der Waals surface area contributed by atoms with Crippen LogP contribution in [0.4, 0.5) is 0 Å². The molecule has 0 heterocycles. The van der Waals surface area contributed by atoms with Crippen LogP contribution in [0.25, 0.3) is 0 Å². The van der Waals surface area contributed by atoms with Gasteiger partial charge in [0.1, 0.15) is 0 Å². The molecular weight excluding hydrogens is 368 g/mol. The lowest BCUT2D eigenvalue weighted by Gasteiger charge is -2.58. The average molecular weight is 417 g/mol. The molecule has 0 spiro atoms. The number of hydrogen-bond donors (Lipinski definition) is 2. The van der Waals surface area contributed by atoms with E-state index >= 15 is 0 Å². The Morgan fingerprint density at radius 3 is 2.43 bits per heavy atom. The zero-order chi connectivity index (χ0) is 22.3. The van der Waals surface area contributed by atoms with Gasteiger partial charge in [0.05, 0.1) is 11.7 Å². The Kier molecular flexibility index (Phi) is 7.00. The second-order valence-electron chi connectivity index (χ2n) is 11.8. The van der Waals surface area contributed by atoms with Crippen LogP contribution in [-0.2, 0) is 0 Å². The van der Waals surface area contributed by atoms with Crippen LogP contribution in [0.15, 0.2) is 23.8 Å². The molecule has 2 nitrogen and oxygen atoms in total. The lowest BCUT2D eigenvalue weighted by atomic mass is 9.46. The van der Waals surface area contributed by atoms with Gasteiger partial charge in [-0.25, -0.2) is 0 Å². The van der Waals surface area contributed by atoms with E-state index in [9.17, 15) is 10.2 Å². The summed E-state index contributed by atoms with van der Waals surface area (Å²) in [5, 5.41) is 20.3. The van der Waals surface area contributed by atoms with E-state index in [1.807, 2.05) is 27.7 Å². The number of rotatable bonds is 4. The highest BCUT2D eigenvalue weighted by atomic mass is 16.3. The summed E-state index contributed by atoms with van der Waals surface area (Å²) in [5.41, 5.74) is 3.04. The number of aliphatic hydroxyl groups excluding tert-OH is 1. The molecule has 172 valence electrons. The van der Waals surface area contributed by atoms with Gasteiger partial charge < -0.3 is 10.2 Å². The molecule has 0 radical (unpaired) electrons. The standard InChI is InChI=1S/C26H42O2.C2H6/c1-17-15-19-16-20(27)10-13-26(19,5)22-11-14-25(4)18(7-6-12-24(2,3)28)8-9-21(25)23(17)22;1-2/h15,18,20-23,27-28H,1,6-14,16H2,2-5H3;1-2H3. The first-order chi connectivity index (χ1) is 14.0. The lowest BCUT2D eigenvalue weighted by Crippen LogP contribution is -2.51. The van der Waals surface area contributed by atoms with Gasteiger partial charge in [0.15, 0.2) is 0 Å². The van der Waals surface area contributed by atoms with Gasteiger partial charge >= 0.3 is 0 Å². The van der Waals surface area contributed by atoms with Gasteiger partial charge in [-0.1, -0.05) is 57.9 Å². The molecule has 0 aliphatic heterocycles. The van der Waals surface area contributed by atoms with Crippen molar-refractivity contribution in [3.63, 3.8) is 0 Å². The van der Waals surface area contributed by atoms with Crippen molar-refractivity contribution >= 4 is 0 Å². The first-order valence-electron chi connectivity index (χ1n) is 12.8. The zero-order valence-corrected chi connectivity index (χ0v) is 20.6. The fraction of sp³-hybridized carbons (Fsp3) is 0.857. The van der Waals surface area contributed by atoms with E-state index in [2.05, 4.69) is 26.5 Å². The Hall–Kier alpha value is -0.600. The molecule has 0 aromatic heterocycles. The minimum absolute atomic E-state index is 0.149. The van der Waals surface area contributed by atoms with E-state index < -0.39 is 5.60 Å². The average Bonchev–Trinajstić information content (AvgIpc) is 3.00. The van der Waals surface area contributed by atoms with Gasteiger partial charge in [0.2, 0.25) is 0 Å². The smallest absolute Gasteiger partial charge is 0.0591 e. The third-order valence-corrected chi connectivity index (χ3v) is 9.60. The Morgan fingerprint density at radius 2 is 1.77 bits per heavy atom. The fourth-order valence-corrected chi connectivity index (χ4v) is 7.92. The highest BCUT2D eigenvalue weighted by Gasteiger charge is 2.59. The molecule has 2 N–H and O–H groups in total. The fourth-order valence-electron chi connectivity index (χ4n) is 7.92. The molecule has 30 heavy (non-hydrogen) atoms. The van der Waals surface area contributed by atoms with Crippen molar-refractivity contribution in [3.05, 3.63) is 23.8 Å². The van der Waals surface area contributed by atoms with Gasteiger partial charge in [0.25, 0.3) is 0 Å². The molecule has 0 saturated heterocycles. The van der Waals surface area contributed by atoms with Crippen LogP contribution < -0.4 is 0 Å². The van der Waals surface area contributed by atoms with Crippen LogP contribution in [0, 0.1) is 34.5 Å². The van der Waals surface area contributed by atoms with Gasteiger partial charge in [-0.05, 0) is 106 Å². The highest BCUT2D eigenvalue weighted by Crippen LogP contribution is 2.67. The zero-order valence-electron chi connectivity index (χ0n) is 20.6. The molecule has 3 fully saturated rings. The Balaban J connectivity index is 0.00000124. The Morgan fingerprint density at radius 1 is 1.07 bits per heavy atom. The predicted molar refractivity (Wildman–Crippen MR) is 127 cm³/mol. The van der Waals surface area contributed by atoms with E-state index in [1.165, 1.54) is 43.3 Å². The molecule has 0 bridgehead atoms. The molecule has 4 rings (SSSR count). The number of allylic oxidation sites excluding steroid dienone is 2. The van der Waals surface area contributed by atoms with Gasteiger partial charge in [-0.2, -0.15) is 0 Å². The lowest BCUT2D eigenvalue weighted by molar-refractivity contribution is -0.0350. The molecular formula is C28H48O2. The van der Waals surface area contributed by atoms with E-state index in [-0.39, 0.29) is 11.5 Å². The topological polar surface area (TPSA) is 40.5 Å². The molecule has 0 aromatic rings. The summed E-state index contributed by atoms with van der Waals surface area (Å²) >= 11 is 0. The Labute approximate surface area is 186 Å². The number of aliphatic hydroxyl groups is 2. The van der Waals surface area contributed by atoms with E-state index in [0.717, 1.165) is 49.9 Å². The minimum Gasteiger partial charge on any atom is -0.393 e. The number of hydrogen-bond acceptors (Lipinski definition) is 2. The van der Waals surface area contributed by atoms with Gasteiger partial charge in [-0.3, -0.25) is 0 Å². The summed E-state index contributed by atoms with van der Waals surface area (Å²) in [4.78, 5) is 0. The summed E-state index contributed by atoms with van der Waals surface area (Å²) in [6.07, 6.45) is 13.9. The summed E-state index contributed by atoms with van der Waals surface area (Å²) in [7, 11) is 0. The molecule has 4 aliphatic rings. The maximum Gasteiger partial charge on any atom is 0.0591 e. The molecule has 3 saturated carbocycles. The molecule has 2 heteroatoms. The van der Waals surface area contributed by atoms with Crippen molar-refractivity contribution in [3.8, 4) is 0 Å². The summed E-state index contributed by atoms with van der Waals surface area (Å²) in [6.45, 7) is 17.5. The maximum absolute atomic E-state index is 10.2. The normalized spacial score (nSPS) is 43.0. The number of fused-ring (bicyclic) bond motifs is 5. The third kappa shape index (κ3) is 4.20. The largest absolute Gasteiger partial charge is 0.393 e. The van der Waals surface area contributed by atoms with E-state index in [4.69, 9.17) is 0 Å². The van der Waals surface area contributed by atoms with E-state index in [1.54, 1.807) is 0 Å². The van der Waals surface area contributed by atoms with Crippen molar-refractivity contribution in [2.24, 2.45) is 34.5 Å². The van der Waals surface area contributed by atoms with Crippen molar-refractivity contribution in [2.75, 3.05) is 0 Å². The van der Waals surface area contributed by atoms with E-state index in [0.29, 0.717) is 11.3 Å². The molecule has 0 aromatic carbocycles. The summed E-state index contributed by atoms with van der Waals surface area (Å²) in [6, 6.07) is 0. The monoisotopic (exact) mass is 416 g/mol. The van der Waals surface area contributed by atoms with Crippen LogP contribution in [0.1, 0.15) is 106 Å². The first kappa shape index (κ1) is 24.1. The molecule has 4 aliphatic carbocycles. The molecule has 7 unspecified atom stereocenters. The van der Waals surface area contributed by atoms with Crippen LogP contribution in [0.2, 0.25) is 0 Å². The van der Waals surface area contributed by atoms with Gasteiger partial charge in [0, 0.05) is 0 Å². The maximum atomic E-state index is 10.2. The molecule has 0 amide bonds. The Bertz CT molecular complexity index is 656. The van der Waals surface area contributed by atoms with Crippen molar-refractivity contribution in [2.45, 2.75) is 117 Å². The minimum atomic E-state index is -0.532. The highest BCUT2D eigenvalue weighted by molar-refractivity contribution is 5.37. The first-order valence-corrected chi connectivity index (χ1v) is 12.8. The van der Waals surface area contributed by atoms with Crippen molar-refractivity contribution < 1.29 is 10.2 Å². The summed E-state index contributed by atoms with van der Waals surface area (Å²) < 4.78 is 0. The third-order valence-electron chi connectivity index (χ3n) is 9.60. The molecule has 7 atom stereocenters. The SMILES string of the molecule is C=C1C=C2CC(O)CCC2(C)C2CCC3(C)C(CCCC(C)(C)O)CCC3C12.CC. The van der Waals surface area contributed by atoms with Gasteiger partial charge in [-0.15, -0.1) is 0 Å². The second-order valence-corrected chi connectivity index (χ2v) is 11.8. The van der Waals surface area contributed by atoms with Crippen LogP contribution in [0.3, 0.4) is 0 Å².